The number of nitrogens with zero attached hydrogens (tertiary/aromatic N) is 1. The van der Waals surface area contributed by atoms with Gasteiger partial charge in [0.2, 0.25) is 0 Å². The maximum atomic E-state index is 13.2. The molecule has 0 aliphatic carbocycles. The van der Waals surface area contributed by atoms with E-state index in [-0.39, 0.29) is 5.82 Å². The van der Waals surface area contributed by atoms with Crippen LogP contribution < -0.4 is 4.90 Å². The fourth-order valence-electron chi connectivity index (χ4n) is 2.18. The Morgan fingerprint density at radius 1 is 1.21 bits per heavy atom. The highest BCUT2D eigenvalue weighted by atomic mass is 79.9. The minimum atomic E-state index is -0.320. The van der Waals surface area contributed by atoms with Gasteiger partial charge in [-0.15, -0.1) is 0 Å². The van der Waals surface area contributed by atoms with E-state index in [9.17, 15) is 4.39 Å². The first-order valence-electron chi connectivity index (χ1n) is 5.66. The molecule has 1 heterocycles. The van der Waals surface area contributed by atoms with Crippen molar-refractivity contribution in [2.75, 3.05) is 4.90 Å². The van der Waals surface area contributed by atoms with Gasteiger partial charge in [0.15, 0.2) is 0 Å². The van der Waals surface area contributed by atoms with Crippen LogP contribution >= 0.6 is 27.5 Å². The maximum absolute atomic E-state index is 13.2. The molecule has 2 nitrogen and oxygen atoms in total. The van der Waals surface area contributed by atoms with Crippen LogP contribution in [0.25, 0.3) is 0 Å². The van der Waals surface area contributed by atoms with Gasteiger partial charge in [0, 0.05) is 15.7 Å². The lowest BCUT2D eigenvalue weighted by atomic mass is 10.1. The molecule has 0 unspecified atom stereocenters. The Balaban J connectivity index is 2.01. The highest BCUT2D eigenvalue weighted by Crippen LogP contribution is 2.32. The molecule has 1 aliphatic rings. The molecule has 2 aromatic rings. The molecule has 96 valence electrons. The predicted molar refractivity (Wildman–Crippen MR) is 78.6 cm³/mol. The highest BCUT2D eigenvalue weighted by Gasteiger charge is 2.25. The molecule has 0 radical (unpaired) electrons. The van der Waals surface area contributed by atoms with Crippen molar-refractivity contribution in [3.05, 3.63) is 62.8 Å². The molecule has 0 atom stereocenters. The summed E-state index contributed by atoms with van der Waals surface area (Å²) in [5, 5.41) is 8.74. The van der Waals surface area contributed by atoms with Gasteiger partial charge in [0.05, 0.1) is 11.6 Å². The van der Waals surface area contributed by atoms with Crippen molar-refractivity contribution in [3.63, 3.8) is 0 Å². The monoisotopic (exact) mass is 338 g/mol. The summed E-state index contributed by atoms with van der Waals surface area (Å²) in [5.74, 6) is -0.0212. The van der Waals surface area contributed by atoms with E-state index in [2.05, 4.69) is 15.9 Å². The summed E-state index contributed by atoms with van der Waals surface area (Å²) >= 11 is 9.41. The molecule has 0 aromatic heterocycles. The smallest absolute Gasteiger partial charge is 0.133 e. The van der Waals surface area contributed by atoms with Gasteiger partial charge in [-0.05, 0) is 51.8 Å². The van der Waals surface area contributed by atoms with Gasteiger partial charge in [-0.1, -0.05) is 17.7 Å². The lowest BCUT2D eigenvalue weighted by molar-refractivity contribution is 0.627. The Labute approximate surface area is 123 Å². The van der Waals surface area contributed by atoms with Crippen LogP contribution in [0.4, 0.5) is 10.1 Å². The van der Waals surface area contributed by atoms with Crippen molar-refractivity contribution in [2.24, 2.45) is 0 Å². The van der Waals surface area contributed by atoms with Gasteiger partial charge < -0.3 is 4.90 Å². The molecule has 1 N–H and O–H groups in total. The van der Waals surface area contributed by atoms with Crippen molar-refractivity contribution in [1.29, 1.82) is 5.41 Å². The summed E-state index contributed by atoms with van der Waals surface area (Å²) in [4.78, 5) is 1.81. The van der Waals surface area contributed by atoms with E-state index in [4.69, 9.17) is 17.0 Å². The summed E-state index contributed by atoms with van der Waals surface area (Å²) in [6, 6.07) is 10.1. The minimum absolute atomic E-state index is 0.299. The van der Waals surface area contributed by atoms with E-state index >= 15 is 0 Å². The predicted octanol–water partition coefficient (Wildman–Crippen LogP) is 4.59. The van der Waals surface area contributed by atoms with Gasteiger partial charge in [-0.25, -0.2) is 4.39 Å². The van der Waals surface area contributed by atoms with Crippen molar-refractivity contribution >= 4 is 39.1 Å². The third kappa shape index (κ3) is 2.15. The highest BCUT2D eigenvalue weighted by molar-refractivity contribution is 9.10. The average Bonchev–Trinajstić information content (AvgIpc) is 2.70. The maximum Gasteiger partial charge on any atom is 0.133 e. The van der Waals surface area contributed by atoms with Gasteiger partial charge >= 0.3 is 0 Å². The number of halogens is 3. The number of rotatable bonds is 1. The zero-order chi connectivity index (χ0) is 13.6. The average molecular weight is 340 g/mol. The van der Waals surface area contributed by atoms with Gasteiger partial charge in [-0.2, -0.15) is 0 Å². The van der Waals surface area contributed by atoms with Crippen LogP contribution in [0.15, 0.2) is 40.9 Å². The van der Waals surface area contributed by atoms with Gasteiger partial charge in [0.25, 0.3) is 0 Å². The van der Waals surface area contributed by atoms with E-state index in [1.165, 1.54) is 12.1 Å². The van der Waals surface area contributed by atoms with Crippen LogP contribution in [0.5, 0.6) is 0 Å². The number of benzene rings is 2. The van der Waals surface area contributed by atoms with Crippen LogP contribution in [0.2, 0.25) is 5.02 Å². The van der Waals surface area contributed by atoms with Crippen LogP contribution in [0.3, 0.4) is 0 Å². The fraction of sp³-hybridized carbons (Fsp3) is 0.0714. The van der Waals surface area contributed by atoms with Crippen LogP contribution in [0.1, 0.15) is 11.1 Å². The van der Waals surface area contributed by atoms with Crippen LogP contribution in [-0.2, 0) is 6.54 Å². The SMILES string of the molecule is N=C1c2cc(F)ccc2CN1c1ccc(Br)c(Cl)c1. The molecular formula is C14H9BrClFN2. The second-order valence-electron chi connectivity index (χ2n) is 4.33. The zero-order valence-electron chi connectivity index (χ0n) is 9.75. The van der Waals surface area contributed by atoms with E-state index in [1.54, 1.807) is 12.1 Å². The Morgan fingerprint density at radius 3 is 2.74 bits per heavy atom. The fourth-order valence-corrected chi connectivity index (χ4v) is 2.60. The van der Waals surface area contributed by atoms with E-state index < -0.39 is 0 Å². The first kappa shape index (κ1) is 12.6. The second-order valence-corrected chi connectivity index (χ2v) is 5.60. The van der Waals surface area contributed by atoms with Gasteiger partial charge in [-0.3, -0.25) is 5.41 Å². The lowest BCUT2D eigenvalue weighted by Gasteiger charge is -2.18. The number of anilines is 1. The number of fused-ring (bicyclic) bond motifs is 1. The minimum Gasteiger partial charge on any atom is -0.322 e. The first-order chi connectivity index (χ1) is 9.06. The number of nitrogens with one attached hydrogen (secondary N) is 1. The molecule has 1 aliphatic heterocycles. The summed E-state index contributed by atoms with van der Waals surface area (Å²) in [7, 11) is 0. The lowest BCUT2D eigenvalue weighted by Crippen LogP contribution is -2.22. The molecular weight excluding hydrogens is 331 g/mol. The molecule has 0 amide bonds. The second kappa shape index (κ2) is 4.62. The van der Waals surface area contributed by atoms with Gasteiger partial charge in [0.1, 0.15) is 11.7 Å². The normalized spacial score (nSPS) is 13.8. The third-order valence-electron chi connectivity index (χ3n) is 3.14. The standard InChI is InChI=1S/C14H9BrClFN2/c15-12-4-3-10(6-13(12)16)19-7-8-1-2-9(17)5-11(8)14(19)18/h1-6,18H,7H2. The van der Waals surface area contributed by atoms with E-state index in [0.717, 1.165) is 15.7 Å². The number of hydrogen-bond donors (Lipinski definition) is 1. The first-order valence-corrected chi connectivity index (χ1v) is 6.83. The molecule has 0 saturated heterocycles. The number of hydrogen-bond acceptors (Lipinski definition) is 1. The largest absolute Gasteiger partial charge is 0.322 e. The molecule has 2 aromatic carbocycles. The molecule has 3 rings (SSSR count). The molecule has 19 heavy (non-hydrogen) atoms. The van der Waals surface area contributed by atoms with Crippen molar-refractivity contribution in [2.45, 2.75) is 6.54 Å². The summed E-state index contributed by atoms with van der Waals surface area (Å²) in [5.41, 5.74) is 2.42. The van der Waals surface area contributed by atoms with Crippen molar-refractivity contribution < 1.29 is 4.39 Å². The Morgan fingerprint density at radius 2 is 2.00 bits per heavy atom. The molecule has 0 saturated carbocycles. The summed E-state index contributed by atoms with van der Waals surface area (Å²) in [6.07, 6.45) is 0. The van der Waals surface area contributed by atoms with Crippen molar-refractivity contribution in [3.8, 4) is 0 Å². The summed E-state index contributed by atoms with van der Waals surface area (Å²) in [6.45, 7) is 0.562. The topological polar surface area (TPSA) is 27.1 Å². The molecule has 0 fully saturated rings. The van der Waals surface area contributed by atoms with E-state index in [0.29, 0.717) is 23.0 Å². The third-order valence-corrected chi connectivity index (χ3v) is 4.37. The molecule has 5 heteroatoms. The Bertz CT molecular complexity index is 687. The van der Waals surface area contributed by atoms with Crippen LogP contribution in [0, 0.1) is 11.2 Å². The quantitative estimate of drug-likeness (QED) is 0.808. The van der Waals surface area contributed by atoms with E-state index in [1.807, 2.05) is 17.0 Å². The Hall–Kier alpha value is -1.39. The molecule has 0 bridgehead atoms. The Kier molecular flexibility index (Phi) is 3.07. The van der Waals surface area contributed by atoms with Crippen molar-refractivity contribution in [1.82, 2.24) is 0 Å². The molecule has 0 spiro atoms. The summed E-state index contributed by atoms with van der Waals surface area (Å²) < 4.78 is 14.1. The number of amidine groups is 1. The zero-order valence-corrected chi connectivity index (χ0v) is 12.1. The van der Waals surface area contributed by atoms with Crippen LogP contribution in [-0.4, -0.2) is 5.84 Å².